The monoisotopic (exact) mass is 335 g/mol. The number of rotatable bonds is 5. The Morgan fingerprint density at radius 3 is 2.74 bits per heavy atom. The molecule has 1 aromatic rings. The average molecular weight is 336 g/mol. The van der Waals surface area contributed by atoms with Gasteiger partial charge in [0.2, 0.25) is 0 Å². The average Bonchev–Trinajstić information content (AvgIpc) is 3.18. The van der Waals surface area contributed by atoms with Crippen molar-refractivity contribution in [3.8, 4) is 0 Å². The Morgan fingerprint density at radius 1 is 1.35 bits per heavy atom. The van der Waals surface area contributed by atoms with Gasteiger partial charge < -0.3 is 11.1 Å². The number of hydrogen-bond acceptors (Lipinski definition) is 4. The van der Waals surface area contributed by atoms with Crippen molar-refractivity contribution in [3.05, 3.63) is 16.1 Å². The third-order valence-corrected chi connectivity index (χ3v) is 5.81. The van der Waals surface area contributed by atoms with E-state index in [1.165, 1.54) is 44.2 Å². The van der Waals surface area contributed by atoms with Gasteiger partial charge >= 0.3 is 0 Å². The molecule has 1 saturated carbocycles. The van der Waals surface area contributed by atoms with E-state index in [0.717, 1.165) is 31.2 Å². The van der Waals surface area contributed by atoms with Gasteiger partial charge in [-0.25, -0.2) is 4.98 Å². The first kappa shape index (κ1) is 16.7. The van der Waals surface area contributed by atoms with Crippen LogP contribution in [0.1, 0.15) is 49.2 Å². The zero-order valence-electron chi connectivity index (χ0n) is 14.1. The van der Waals surface area contributed by atoms with Crippen LogP contribution in [0.2, 0.25) is 0 Å². The first-order valence-corrected chi connectivity index (χ1v) is 9.77. The summed E-state index contributed by atoms with van der Waals surface area (Å²) < 4.78 is 0. The molecule has 2 heterocycles. The molecule has 1 aromatic heterocycles. The van der Waals surface area contributed by atoms with Crippen molar-refractivity contribution in [1.29, 1.82) is 0 Å². The molecule has 3 rings (SSSR count). The van der Waals surface area contributed by atoms with Crippen LogP contribution in [0.5, 0.6) is 0 Å². The standard InChI is InChI=1S/C17H29N5S/c1-13-20-16(12-23-13)11-22-8-6-14(7-9-22)10-19-17(18)21-15-4-2-3-5-15/h12,14-15H,2-11H2,1H3,(H3,18,19,21). The minimum atomic E-state index is 0.558. The summed E-state index contributed by atoms with van der Waals surface area (Å²) in [6, 6.07) is 0.558. The van der Waals surface area contributed by atoms with Crippen LogP contribution >= 0.6 is 11.3 Å². The van der Waals surface area contributed by atoms with E-state index in [-0.39, 0.29) is 0 Å². The van der Waals surface area contributed by atoms with Gasteiger partial charge in [0.15, 0.2) is 5.96 Å². The van der Waals surface area contributed by atoms with Crippen LogP contribution in [-0.2, 0) is 6.54 Å². The zero-order chi connectivity index (χ0) is 16.1. The van der Waals surface area contributed by atoms with E-state index in [1.54, 1.807) is 11.3 Å². The molecule has 128 valence electrons. The second-order valence-electron chi connectivity index (χ2n) is 6.93. The summed E-state index contributed by atoms with van der Waals surface area (Å²) in [6.45, 7) is 6.22. The van der Waals surface area contributed by atoms with Crippen molar-refractivity contribution < 1.29 is 0 Å². The summed E-state index contributed by atoms with van der Waals surface area (Å²) >= 11 is 1.74. The molecular weight excluding hydrogens is 306 g/mol. The number of nitrogens with one attached hydrogen (secondary N) is 1. The van der Waals surface area contributed by atoms with Crippen LogP contribution in [0.4, 0.5) is 0 Å². The van der Waals surface area contributed by atoms with Crippen molar-refractivity contribution >= 4 is 17.3 Å². The van der Waals surface area contributed by atoms with Crippen molar-refractivity contribution in [1.82, 2.24) is 15.2 Å². The highest BCUT2D eigenvalue weighted by atomic mass is 32.1. The molecule has 3 N–H and O–H groups in total. The minimum absolute atomic E-state index is 0.558. The molecule has 0 spiro atoms. The van der Waals surface area contributed by atoms with E-state index >= 15 is 0 Å². The van der Waals surface area contributed by atoms with Gasteiger partial charge in [0.05, 0.1) is 10.7 Å². The second kappa shape index (κ2) is 8.11. The van der Waals surface area contributed by atoms with Crippen LogP contribution in [0.15, 0.2) is 10.4 Å². The van der Waals surface area contributed by atoms with Gasteiger partial charge in [-0.05, 0) is 51.6 Å². The molecule has 0 radical (unpaired) electrons. The number of aliphatic imine (C=N–C) groups is 1. The molecule has 0 unspecified atom stereocenters. The largest absolute Gasteiger partial charge is 0.370 e. The highest BCUT2D eigenvalue weighted by Gasteiger charge is 2.20. The fourth-order valence-corrected chi connectivity index (χ4v) is 4.19. The minimum Gasteiger partial charge on any atom is -0.370 e. The van der Waals surface area contributed by atoms with Crippen LogP contribution < -0.4 is 11.1 Å². The van der Waals surface area contributed by atoms with Crippen molar-refractivity contribution in [2.24, 2.45) is 16.6 Å². The smallest absolute Gasteiger partial charge is 0.188 e. The van der Waals surface area contributed by atoms with Gasteiger partial charge in [-0.1, -0.05) is 12.8 Å². The number of aryl methyl sites for hydroxylation is 1. The maximum atomic E-state index is 6.02. The number of hydrogen-bond donors (Lipinski definition) is 2. The Labute approximate surface area is 143 Å². The lowest BCUT2D eigenvalue weighted by Crippen LogP contribution is -2.39. The van der Waals surface area contributed by atoms with Gasteiger partial charge in [0, 0.05) is 24.5 Å². The molecule has 6 heteroatoms. The van der Waals surface area contributed by atoms with Crippen LogP contribution in [0, 0.1) is 12.8 Å². The quantitative estimate of drug-likeness (QED) is 0.641. The molecular formula is C17H29N5S. The number of guanidine groups is 1. The highest BCUT2D eigenvalue weighted by Crippen LogP contribution is 2.20. The van der Waals surface area contributed by atoms with Crippen LogP contribution in [0.3, 0.4) is 0 Å². The van der Waals surface area contributed by atoms with Gasteiger partial charge in [-0.3, -0.25) is 9.89 Å². The Hall–Kier alpha value is -1.14. The molecule has 23 heavy (non-hydrogen) atoms. The molecule has 0 bridgehead atoms. The fraction of sp³-hybridized carbons (Fsp3) is 0.765. The maximum Gasteiger partial charge on any atom is 0.188 e. The number of aromatic nitrogens is 1. The molecule has 1 saturated heterocycles. The number of piperidine rings is 1. The van der Waals surface area contributed by atoms with E-state index in [9.17, 15) is 0 Å². The predicted octanol–water partition coefficient (Wildman–Crippen LogP) is 2.51. The van der Waals surface area contributed by atoms with E-state index in [4.69, 9.17) is 5.73 Å². The Balaban J connectivity index is 1.37. The zero-order valence-corrected chi connectivity index (χ0v) is 14.9. The highest BCUT2D eigenvalue weighted by molar-refractivity contribution is 7.09. The van der Waals surface area contributed by atoms with Crippen molar-refractivity contribution in [3.63, 3.8) is 0 Å². The first-order valence-electron chi connectivity index (χ1n) is 8.89. The lowest BCUT2D eigenvalue weighted by molar-refractivity contribution is 0.179. The fourth-order valence-electron chi connectivity index (χ4n) is 3.59. The lowest BCUT2D eigenvalue weighted by atomic mass is 9.97. The molecule has 2 aliphatic rings. The van der Waals surface area contributed by atoms with Crippen LogP contribution in [-0.4, -0.2) is 41.5 Å². The molecule has 0 aromatic carbocycles. The van der Waals surface area contributed by atoms with Gasteiger partial charge in [-0.2, -0.15) is 0 Å². The summed E-state index contributed by atoms with van der Waals surface area (Å²) in [4.78, 5) is 11.6. The Bertz CT molecular complexity index is 513. The van der Waals surface area contributed by atoms with E-state index in [2.05, 4.69) is 32.5 Å². The molecule has 5 nitrogen and oxygen atoms in total. The normalized spacial score (nSPS) is 21.9. The maximum absolute atomic E-state index is 6.02. The lowest BCUT2D eigenvalue weighted by Gasteiger charge is -2.30. The number of nitrogens with two attached hydrogens (primary N) is 1. The summed E-state index contributed by atoms with van der Waals surface area (Å²) in [7, 11) is 0. The third-order valence-electron chi connectivity index (χ3n) is 4.99. The van der Waals surface area contributed by atoms with Crippen LogP contribution in [0.25, 0.3) is 0 Å². The van der Waals surface area contributed by atoms with E-state index < -0.39 is 0 Å². The van der Waals surface area contributed by atoms with Gasteiger partial charge in [0.25, 0.3) is 0 Å². The summed E-state index contributed by atoms with van der Waals surface area (Å²) in [5.41, 5.74) is 7.24. The van der Waals surface area contributed by atoms with E-state index in [0.29, 0.717) is 17.9 Å². The first-order chi connectivity index (χ1) is 11.2. The Morgan fingerprint density at radius 2 is 2.09 bits per heavy atom. The SMILES string of the molecule is Cc1nc(CN2CCC(CN=C(N)NC3CCCC3)CC2)cs1. The second-order valence-corrected chi connectivity index (χ2v) is 7.99. The summed E-state index contributed by atoms with van der Waals surface area (Å²) in [6.07, 6.45) is 7.55. The molecule has 0 amide bonds. The molecule has 1 aliphatic carbocycles. The summed E-state index contributed by atoms with van der Waals surface area (Å²) in [5.74, 6) is 1.32. The van der Waals surface area contributed by atoms with Gasteiger partial charge in [0.1, 0.15) is 0 Å². The van der Waals surface area contributed by atoms with Gasteiger partial charge in [-0.15, -0.1) is 11.3 Å². The third kappa shape index (κ3) is 5.18. The van der Waals surface area contributed by atoms with Crippen molar-refractivity contribution in [2.45, 2.75) is 58.0 Å². The predicted molar refractivity (Wildman–Crippen MR) is 96.7 cm³/mol. The summed E-state index contributed by atoms with van der Waals surface area (Å²) in [5, 5.41) is 6.72. The number of thiazole rings is 1. The van der Waals surface area contributed by atoms with Crippen molar-refractivity contribution in [2.75, 3.05) is 19.6 Å². The molecule has 1 aliphatic heterocycles. The molecule has 0 atom stereocenters. The van der Waals surface area contributed by atoms with E-state index in [1.807, 2.05) is 0 Å². The number of likely N-dealkylation sites (tertiary alicyclic amines) is 1. The molecule has 2 fully saturated rings. The Kier molecular flexibility index (Phi) is 5.89. The topological polar surface area (TPSA) is 66.5 Å². The number of nitrogens with zero attached hydrogens (tertiary/aromatic N) is 3.